The summed E-state index contributed by atoms with van der Waals surface area (Å²) in [4.78, 5) is 14.2. The smallest absolute Gasteiger partial charge is 0.234 e. The van der Waals surface area contributed by atoms with E-state index in [9.17, 15) is 4.79 Å². The molecule has 0 saturated carbocycles. The van der Waals surface area contributed by atoms with Crippen molar-refractivity contribution < 1.29 is 9.53 Å². The summed E-state index contributed by atoms with van der Waals surface area (Å²) >= 11 is 5.89. The van der Waals surface area contributed by atoms with Crippen molar-refractivity contribution in [2.24, 2.45) is 0 Å². The fraction of sp³-hybridized carbons (Fsp3) is 0.350. The van der Waals surface area contributed by atoms with Crippen LogP contribution in [0.4, 0.5) is 0 Å². The van der Waals surface area contributed by atoms with Crippen LogP contribution in [0.2, 0.25) is 5.02 Å². The Kier molecular flexibility index (Phi) is 7.29. The minimum absolute atomic E-state index is 0.00381. The van der Waals surface area contributed by atoms with E-state index in [0.29, 0.717) is 24.7 Å². The molecule has 0 aliphatic heterocycles. The minimum atomic E-state index is -0.0522. The summed E-state index contributed by atoms with van der Waals surface area (Å²) < 4.78 is 5.44. The third kappa shape index (κ3) is 6.40. The van der Waals surface area contributed by atoms with Crippen molar-refractivity contribution in [2.45, 2.75) is 26.4 Å². The van der Waals surface area contributed by atoms with Crippen molar-refractivity contribution in [3.05, 3.63) is 64.7 Å². The van der Waals surface area contributed by atoms with E-state index in [1.165, 1.54) is 0 Å². The fourth-order valence-corrected chi connectivity index (χ4v) is 2.72. The monoisotopic (exact) mass is 360 g/mol. The number of likely N-dealkylation sites (N-methyl/N-ethyl adjacent to an activating group) is 1. The first-order valence-electron chi connectivity index (χ1n) is 8.43. The molecule has 1 N–H and O–H groups in total. The molecule has 1 atom stereocenters. The first kappa shape index (κ1) is 19.3. The second-order valence-corrected chi connectivity index (χ2v) is 6.53. The Hall–Kier alpha value is -2.04. The van der Waals surface area contributed by atoms with Crippen LogP contribution in [0.1, 0.15) is 31.0 Å². The van der Waals surface area contributed by atoms with Crippen LogP contribution in [0.15, 0.2) is 48.5 Å². The van der Waals surface area contributed by atoms with Crippen molar-refractivity contribution in [1.29, 1.82) is 0 Å². The maximum atomic E-state index is 12.2. The van der Waals surface area contributed by atoms with Crippen LogP contribution in [0.5, 0.6) is 5.75 Å². The van der Waals surface area contributed by atoms with Crippen LogP contribution >= 0.6 is 11.6 Å². The number of benzene rings is 2. The summed E-state index contributed by atoms with van der Waals surface area (Å²) in [5.41, 5.74) is 2.18. The molecule has 5 heteroatoms. The Bertz CT molecular complexity index is 671. The average molecular weight is 361 g/mol. The molecular formula is C20H25ClN2O2. The van der Waals surface area contributed by atoms with Gasteiger partial charge in [-0.05, 0) is 56.3 Å². The standard InChI is InChI=1S/C20H25ClN2O2/c1-4-25-19-11-5-16(6-12-19)13-23(3)14-20(24)22-15(2)17-7-9-18(21)10-8-17/h5-12,15H,4,13-14H2,1-3H3,(H,22,24). The zero-order valence-corrected chi connectivity index (χ0v) is 15.7. The number of halogens is 1. The van der Waals surface area contributed by atoms with Gasteiger partial charge < -0.3 is 10.1 Å². The topological polar surface area (TPSA) is 41.6 Å². The normalized spacial score (nSPS) is 12.0. The van der Waals surface area contributed by atoms with E-state index in [4.69, 9.17) is 16.3 Å². The molecule has 134 valence electrons. The molecule has 0 radical (unpaired) electrons. The van der Waals surface area contributed by atoms with Crippen molar-refractivity contribution in [3.8, 4) is 5.75 Å². The second-order valence-electron chi connectivity index (χ2n) is 6.09. The van der Waals surface area contributed by atoms with E-state index >= 15 is 0 Å². The number of amides is 1. The number of ether oxygens (including phenoxy) is 1. The van der Waals surface area contributed by atoms with Crippen molar-refractivity contribution in [2.75, 3.05) is 20.2 Å². The molecule has 2 aromatic rings. The summed E-state index contributed by atoms with van der Waals surface area (Å²) in [5.74, 6) is 0.860. The van der Waals surface area contributed by atoms with Gasteiger partial charge in [0.25, 0.3) is 0 Å². The lowest BCUT2D eigenvalue weighted by Gasteiger charge is -2.19. The van der Waals surface area contributed by atoms with E-state index in [0.717, 1.165) is 16.9 Å². The van der Waals surface area contributed by atoms with E-state index in [2.05, 4.69) is 5.32 Å². The van der Waals surface area contributed by atoms with Gasteiger partial charge in [0.2, 0.25) is 5.91 Å². The number of rotatable bonds is 8. The molecule has 25 heavy (non-hydrogen) atoms. The Labute approximate surface area is 154 Å². The highest BCUT2D eigenvalue weighted by Crippen LogP contribution is 2.16. The number of nitrogens with one attached hydrogen (secondary N) is 1. The molecule has 0 aliphatic carbocycles. The van der Waals surface area contributed by atoms with Gasteiger partial charge in [0.05, 0.1) is 19.2 Å². The van der Waals surface area contributed by atoms with Gasteiger partial charge in [-0.15, -0.1) is 0 Å². The summed E-state index contributed by atoms with van der Waals surface area (Å²) in [6.45, 7) is 5.63. The zero-order valence-electron chi connectivity index (χ0n) is 15.0. The zero-order chi connectivity index (χ0) is 18.2. The number of nitrogens with zero attached hydrogens (tertiary/aromatic N) is 1. The van der Waals surface area contributed by atoms with Gasteiger partial charge >= 0.3 is 0 Å². The number of hydrogen-bond donors (Lipinski definition) is 1. The van der Waals surface area contributed by atoms with E-state index < -0.39 is 0 Å². The first-order valence-corrected chi connectivity index (χ1v) is 8.81. The summed E-state index contributed by atoms with van der Waals surface area (Å²) in [6, 6.07) is 15.4. The Morgan fingerprint density at radius 2 is 1.80 bits per heavy atom. The highest BCUT2D eigenvalue weighted by molar-refractivity contribution is 6.30. The van der Waals surface area contributed by atoms with Gasteiger partial charge in [-0.25, -0.2) is 0 Å². The lowest BCUT2D eigenvalue weighted by molar-refractivity contribution is -0.122. The van der Waals surface area contributed by atoms with Gasteiger partial charge in [0.1, 0.15) is 5.75 Å². The molecule has 0 aromatic heterocycles. The molecule has 2 rings (SSSR count). The van der Waals surface area contributed by atoms with Gasteiger partial charge in [-0.3, -0.25) is 9.69 Å². The largest absolute Gasteiger partial charge is 0.494 e. The van der Waals surface area contributed by atoms with Crippen LogP contribution in [0.25, 0.3) is 0 Å². The summed E-state index contributed by atoms with van der Waals surface area (Å²) in [6.07, 6.45) is 0. The van der Waals surface area contributed by atoms with E-state index in [1.54, 1.807) is 0 Å². The van der Waals surface area contributed by atoms with Gasteiger partial charge in [0.15, 0.2) is 0 Å². The van der Waals surface area contributed by atoms with Crippen molar-refractivity contribution in [1.82, 2.24) is 10.2 Å². The molecule has 0 fully saturated rings. The van der Waals surface area contributed by atoms with Crippen LogP contribution in [0.3, 0.4) is 0 Å². The minimum Gasteiger partial charge on any atom is -0.494 e. The first-order chi connectivity index (χ1) is 12.0. The summed E-state index contributed by atoms with van der Waals surface area (Å²) in [5, 5.41) is 3.71. The Morgan fingerprint density at radius 1 is 1.16 bits per heavy atom. The highest BCUT2D eigenvalue weighted by Gasteiger charge is 2.12. The fourth-order valence-electron chi connectivity index (χ4n) is 2.59. The van der Waals surface area contributed by atoms with Crippen LogP contribution in [-0.2, 0) is 11.3 Å². The molecule has 0 bridgehead atoms. The molecule has 0 aliphatic rings. The van der Waals surface area contributed by atoms with E-state index in [-0.39, 0.29) is 11.9 Å². The molecule has 0 heterocycles. The molecule has 1 unspecified atom stereocenters. The lowest BCUT2D eigenvalue weighted by atomic mass is 10.1. The number of carbonyl (C=O) groups excluding carboxylic acids is 1. The lowest BCUT2D eigenvalue weighted by Crippen LogP contribution is -2.36. The maximum Gasteiger partial charge on any atom is 0.234 e. The molecule has 2 aromatic carbocycles. The van der Waals surface area contributed by atoms with Crippen LogP contribution in [-0.4, -0.2) is 31.0 Å². The molecule has 0 saturated heterocycles. The second kappa shape index (κ2) is 9.44. The van der Waals surface area contributed by atoms with Crippen LogP contribution < -0.4 is 10.1 Å². The highest BCUT2D eigenvalue weighted by atomic mass is 35.5. The van der Waals surface area contributed by atoms with E-state index in [1.807, 2.05) is 74.3 Å². The quantitative estimate of drug-likeness (QED) is 0.772. The van der Waals surface area contributed by atoms with Gasteiger partial charge in [-0.1, -0.05) is 35.9 Å². The third-order valence-electron chi connectivity index (χ3n) is 3.85. The predicted octanol–water partition coefficient (Wildman–Crippen LogP) is 4.05. The molecular weight excluding hydrogens is 336 g/mol. The van der Waals surface area contributed by atoms with Gasteiger partial charge in [-0.2, -0.15) is 0 Å². The van der Waals surface area contributed by atoms with Crippen LogP contribution in [0, 0.1) is 0 Å². The molecule has 4 nitrogen and oxygen atoms in total. The average Bonchev–Trinajstić information content (AvgIpc) is 2.57. The summed E-state index contributed by atoms with van der Waals surface area (Å²) in [7, 11) is 1.93. The Balaban J connectivity index is 1.81. The SMILES string of the molecule is CCOc1ccc(CN(C)CC(=O)NC(C)c2ccc(Cl)cc2)cc1. The predicted molar refractivity (Wildman–Crippen MR) is 102 cm³/mol. The molecule has 0 spiro atoms. The number of carbonyl (C=O) groups is 1. The maximum absolute atomic E-state index is 12.2. The van der Waals surface area contributed by atoms with Gasteiger partial charge in [0, 0.05) is 11.6 Å². The van der Waals surface area contributed by atoms with Crippen molar-refractivity contribution in [3.63, 3.8) is 0 Å². The molecule has 1 amide bonds. The Morgan fingerprint density at radius 3 is 2.40 bits per heavy atom. The number of hydrogen-bond acceptors (Lipinski definition) is 3. The third-order valence-corrected chi connectivity index (χ3v) is 4.10. The van der Waals surface area contributed by atoms with Crippen molar-refractivity contribution >= 4 is 17.5 Å².